The summed E-state index contributed by atoms with van der Waals surface area (Å²) >= 11 is 5.42. The number of nitrogens with zero attached hydrogens (tertiary/aromatic N) is 2. The first-order valence-electron chi connectivity index (χ1n) is 6.43. The molecule has 2 aromatic rings. The van der Waals surface area contributed by atoms with Crippen LogP contribution < -0.4 is 5.32 Å². The highest BCUT2D eigenvalue weighted by atomic mass is 79.9. The third kappa shape index (κ3) is 3.09. The van der Waals surface area contributed by atoms with Crippen molar-refractivity contribution >= 4 is 27.3 Å². The lowest BCUT2D eigenvalue weighted by molar-refractivity contribution is 0.554. The van der Waals surface area contributed by atoms with Gasteiger partial charge in [0.1, 0.15) is 0 Å². The maximum atomic E-state index is 4.48. The highest BCUT2D eigenvalue weighted by molar-refractivity contribution is 9.10. The molecule has 19 heavy (non-hydrogen) atoms. The van der Waals surface area contributed by atoms with E-state index in [1.165, 1.54) is 20.6 Å². The van der Waals surface area contributed by atoms with Crippen molar-refractivity contribution in [3.05, 3.63) is 37.7 Å². The Morgan fingerprint density at radius 1 is 1.47 bits per heavy atom. The second kappa shape index (κ2) is 6.20. The summed E-state index contributed by atoms with van der Waals surface area (Å²) in [6, 6.07) is 2.51. The van der Waals surface area contributed by atoms with E-state index in [1.54, 1.807) is 11.3 Å². The Morgan fingerprint density at radius 2 is 2.21 bits per heavy atom. The normalized spacial score (nSPS) is 12.9. The van der Waals surface area contributed by atoms with Crippen LogP contribution in [0.15, 0.2) is 15.9 Å². The van der Waals surface area contributed by atoms with Crippen LogP contribution in [0.3, 0.4) is 0 Å². The average molecular weight is 342 g/mol. The zero-order valence-electron chi connectivity index (χ0n) is 11.8. The van der Waals surface area contributed by atoms with E-state index in [0.717, 1.165) is 18.5 Å². The molecule has 0 radical (unpaired) electrons. The van der Waals surface area contributed by atoms with Crippen LogP contribution >= 0.6 is 27.3 Å². The van der Waals surface area contributed by atoms with Crippen LogP contribution in [0.2, 0.25) is 0 Å². The van der Waals surface area contributed by atoms with Crippen molar-refractivity contribution in [2.24, 2.45) is 7.05 Å². The number of hydrogen-bond acceptors (Lipinski definition) is 3. The number of halogens is 1. The molecule has 0 aliphatic carbocycles. The minimum Gasteiger partial charge on any atom is -0.312 e. The second-order valence-electron chi connectivity index (χ2n) is 4.79. The van der Waals surface area contributed by atoms with Crippen LogP contribution in [0.5, 0.6) is 0 Å². The van der Waals surface area contributed by atoms with E-state index in [0.29, 0.717) is 6.04 Å². The van der Waals surface area contributed by atoms with Gasteiger partial charge in [-0.1, -0.05) is 0 Å². The average Bonchev–Trinajstić information content (AvgIpc) is 2.89. The van der Waals surface area contributed by atoms with Crippen molar-refractivity contribution < 1.29 is 0 Å². The van der Waals surface area contributed by atoms with Crippen molar-refractivity contribution in [1.29, 1.82) is 0 Å². The molecule has 2 heterocycles. The maximum absolute atomic E-state index is 4.48. The fourth-order valence-electron chi connectivity index (χ4n) is 2.43. The molecule has 0 spiro atoms. The van der Waals surface area contributed by atoms with Crippen molar-refractivity contribution in [3.8, 4) is 0 Å². The van der Waals surface area contributed by atoms with Gasteiger partial charge in [0.25, 0.3) is 0 Å². The Labute approximate surface area is 127 Å². The van der Waals surface area contributed by atoms with Gasteiger partial charge in [-0.05, 0) is 66.7 Å². The molecule has 3 nitrogen and oxygen atoms in total. The zero-order chi connectivity index (χ0) is 14.0. The lowest BCUT2D eigenvalue weighted by atomic mass is 10.0. The predicted molar refractivity (Wildman–Crippen MR) is 84.8 cm³/mol. The lowest BCUT2D eigenvalue weighted by Gasteiger charge is -2.15. The van der Waals surface area contributed by atoms with Gasteiger partial charge in [0.15, 0.2) is 0 Å². The summed E-state index contributed by atoms with van der Waals surface area (Å²) < 4.78 is 3.18. The molecule has 2 rings (SSSR count). The van der Waals surface area contributed by atoms with Gasteiger partial charge in [-0.3, -0.25) is 4.68 Å². The summed E-state index contributed by atoms with van der Waals surface area (Å²) in [5.41, 5.74) is 3.81. The Kier molecular flexibility index (Phi) is 4.81. The summed E-state index contributed by atoms with van der Waals surface area (Å²) in [6.07, 6.45) is 2.14. The highest BCUT2D eigenvalue weighted by Gasteiger charge is 2.16. The topological polar surface area (TPSA) is 29.9 Å². The molecule has 0 aliphatic heterocycles. The summed E-state index contributed by atoms with van der Waals surface area (Å²) in [5, 5.41) is 10.0. The number of thiophene rings is 1. The van der Waals surface area contributed by atoms with Gasteiger partial charge in [0.2, 0.25) is 0 Å². The number of hydrogen-bond donors (Lipinski definition) is 1. The van der Waals surface area contributed by atoms with Crippen LogP contribution in [0.4, 0.5) is 0 Å². The smallest absolute Gasteiger partial charge is 0.0628 e. The summed E-state index contributed by atoms with van der Waals surface area (Å²) in [5.74, 6) is 0. The standard InChI is InChI=1S/C14H20BrN3S/c1-9-11(10(2)18(4)17-9)5-6-13(16-3)14-12(15)7-8-19-14/h7-8,13,16H,5-6H2,1-4H3. The molecule has 0 fully saturated rings. The Bertz CT molecular complexity index is 559. The molecule has 104 valence electrons. The molecule has 0 saturated carbocycles. The van der Waals surface area contributed by atoms with Crippen molar-refractivity contribution in [1.82, 2.24) is 15.1 Å². The number of nitrogens with one attached hydrogen (secondary N) is 1. The Balaban J connectivity index is 2.11. The molecule has 1 N–H and O–H groups in total. The maximum Gasteiger partial charge on any atom is 0.0628 e. The summed E-state index contributed by atoms with van der Waals surface area (Å²) in [7, 11) is 4.04. The quantitative estimate of drug-likeness (QED) is 0.897. The number of aryl methyl sites for hydroxylation is 2. The van der Waals surface area contributed by atoms with Crippen LogP contribution in [0, 0.1) is 13.8 Å². The largest absolute Gasteiger partial charge is 0.312 e. The molecule has 0 aliphatic rings. The van der Waals surface area contributed by atoms with Crippen molar-refractivity contribution in [2.75, 3.05) is 7.05 Å². The van der Waals surface area contributed by atoms with E-state index in [-0.39, 0.29) is 0 Å². The van der Waals surface area contributed by atoms with Crippen LogP contribution in [-0.4, -0.2) is 16.8 Å². The van der Waals surface area contributed by atoms with Gasteiger partial charge in [-0.2, -0.15) is 5.10 Å². The predicted octanol–water partition coefficient (Wildman–Crippen LogP) is 3.75. The molecular weight excluding hydrogens is 322 g/mol. The fraction of sp³-hybridized carbons (Fsp3) is 0.500. The van der Waals surface area contributed by atoms with E-state index in [2.05, 4.69) is 51.6 Å². The number of aromatic nitrogens is 2. The third-order valence-electron chi connectivity index (χ3n) is 3.65. The SMILES string of the molecule is CNC(CCc1c(C)nn(C)c1C)c1sccc1Br. The van der Waals surface area contributed by atoms with Crippen LogP contribution in [0.25, 0.3) is 0 Å². The van der Waals surface area contributed by atoms with E-state index in [4.69, 9.17) is 0 Å². The summed E-state index contributed by atoms with van der Waals surface area (Å²) in [6.45, 7) is 4.24. The van der Waals surface area contributed by atoms with Crippen LogP contribution in [0.1, 0.15) is 34.3 Å². The first-order chi connectivity index (χ1) is 9.04. The van der Waals surface area contributed by atoms with Crippen molar-refractivity contribution in [3.63, 3.8) is 0 Å². The van der Waals surface area contributed by atoms with Crippen molar-refractivity contribution in [2.45, 2.75) is 32.7 Å². The Morgan fingerprint density at radius 3 is 2.68 bits per heavy atom. The van der Waals surface area contributed by atoms with Gasteiger partial charge in [-0.25, -0.2) is 0 Å². The fourth-order valence-corrected chi connectivity index (χ4v) is 4.22. The molecule has 5 heteroatoms. The van der Waals surface area contributed by atoms with E-state index in [1.807, 2.05) is 18.8 Å². The van der Waals surface area contributed by atoms with E-state index in [9.17, 15) is 0 Å². The molecule has 1 atom stereocenters. The van der Waals surface area contributed by atoms with Gasteiger partial charge in [0.05, 0.1) is 5.69 Å². The first-order valence-corrected chi connectivity index (χ1v) is 8.11. The monoisotopic (exact) mass is 341 g/mol. The molecule has 2 aromatic heterocycles. The second-order valence-corrected chi connectivity index (χ2v) is 6.59. The van der Waals surface area contributed by atoms with Gasteiger partial charge < -0.3 is 5.32 Å². The molecule has 0 aromatic carbocycles. The first kappa shape index (κ1) is 14.8. The van der Waals surface area contributed by atoms with Gasteiger partial charge >= 0.3 is 0 Å². The zero-order valence-corrected chi connectivity index (χ0v) is 14.2. The van der Waals surface area contributed by atoms with Gasteiger partial charge in [-0.15, -0.1) is 11.3 Å². The minimum absolute atomic E-state index is 0.397. The van der Waals surface area contributed by atoms with Crippen LogP contribution in [-0.2, 0) is 13.5 Å². The summed E-state index contributed by atoms with van der Waals surface area (Å²) in [4.78, 5) is 1.38. The molecule has 0 amide bonds. The van der Waals surface area contributed by atoms with E-state index < -0.39 is 0 Å². The number of rotatable bonds is 5. The van der Waals surface area contributed by atoms with E-state index >= 15 is 0 Å². The molecule has 1 unspecified atom stereocenters. The minimum atomic E-state index is 0.397. The molecule has 0 saturated heterocycles. The highest BCUT2D eigenvalue weighted by Crippen LogP contribution is 2.31. The Hall–Kier alpha value is -0.650. The van der Waals surface area contributed by atoms with Gasteiger partial charge in [0, 0.05) is 28.1 Å². The molecular formula is C14H20BrN3S. The lowest BCUT2D eigenvalue weighted by Crippen LogP contribution is -2.16. The molecule has 0 bridgehead atoms. The third-order valence-corrected chi connectivity index (χ3v) is 5.64.